The lowest BCUT2D eigenvalue weighted by Crippen LogP contribution is -2.31. The average molecular weight is 443 g/mol. The maximum absolute atomic E-state index is 12.7. The number of pyridine rings is 1. The maximum atomic E-state index is 12.7. The molecule has 33 heavy (non-hydrogen) atoms. The molecule has 3 aromatic rings. The number of aromatic nitrogens is 3. The summed E-state index contributed by atoms with van der Waals surface area (Å²) >= 11 is 0. The first-order valence-electron chi connectivity index (χ1n) is 12.0. The molecule has 2 aliphatic rings. The molecule has 1 aliphatic heterocycles. The van der Waals surface area contributed by atoms with E-state index in [4.69, 9.17) is 4.98 Å². The highest BCUT2D eigenvalue weighted by Gasteiger charge is 2.25. The van der Waals surface area contributed by atoms with Gasteiger partial charge in [-0.15, -0.1) is 0 Å². The van der Waals surface area contributed by atoms with Crippen molar-refractivity contribution in [1.29, 1.82) is 0 Å². The summed E-state index contributed by atoms with van der Waals surface area (Å²) in [7, 11) is 0. The van der Waals surface area contributed by atoms with Crippen molar-refractivity contribution >= 4 is 11.4 Å². The lowest BCUT2D eigenvalue weighted by molar-refractivity contribution is 0.572. The summed E-state index contributed by atoms with van der Waals surface area (Å²) in [6.45, 7) is 2.13. The van der Waals surface area contributed by atoms with Gasteiger partial charge in [-0.05, 0) is 61.8 Å². The number of rotatable bonds is 5. The van der Waals surface area contributed by atoms with E-state index < -0.39 is 5.69 Å². The number of benzene rings is 1. The van der Waals surface area contributed by atoms with Crippen LogP contribution in [0.1, 0.15) is 66.8 Å². The van der Waals surface area contributed by atoms with Gasteiger partial charge in [-0.2, -0.15) is 0 Å². The van der Waals surface area contributed by atoms with Gasteiger partial charge in [0.05, 0.1) is 0 Å². The van der Waals surface area contributed by atoms with Gasteiger partial charge in [-0.3, -0.25) is 9.78 Å². The normalized spacial score (nSPS) is 18.7. The molecule has 6 nitrogen and oxygen atoms in total. The van der Waals surface area contributed by atoms with Crippen LogP contribution in [0.2, 0.25) is 0 Å². The predicted molar refractivity (Wildman–Crippen MR) is 132 cm³/mol. The van der Waals surface area contributed by atoms with Crippen molar-refractivity contribution in [2.24, 2.45) is 0 Å². The van der Waals surface area contributed by atoms with Crippen LogP contribution in [0, 0.1) is 0 Å². The van der Waals surface area contributed by atoms with Gasteiger partial charge in [0.25, 0.3) is 5.56 Å². The van der Waals surface area contributed by atoms with Crippen LogP contribution in [0.5, 0.6) is 0 Å². The fraction of sp³-hybridized carbons (Fsp3) is 0.370. The summed E-state index contributed by atoms with van der Waals surface area (Å²) < 4.78 is 0. The molecule has 6 heteroatoms. The number of hydrogen-bond acceptors (Lipinski definition) is 4. The van der Waals surface area contributed by atoms with Gasteiger partial charge in [-0.1, -0.05) is 36.4 Å². The summed E-state index contributed by atoms with van der Waals surface area (Å²) in [5, 5.41) is 0. The number of anilines is 1. The van der Waals surface area contributed by atoms with Crippen molar-refractivity contribution in [2.75, 3.05) is 18.0 Å². The molecule has 1 saturated heterocycles. The van der Waals surface area contributed by atoms with Crippen LogP contribution in [0.3, 0.4) is 0 Å². The highest BCUT2D eigenvalue weighted by Crippen LogP contribution is 2.38. The zero-order chi connectivity index (χ0) is 22.6. The third-order valence-corrected chi connectivity index (χ3v) is 6.91. The lowest BCUT2D eigenvalue weighted by atomic mass is 9.83. The molecule has 0 bridgehead atoms. The second kappa shape index (κ2) is 9.61. The molecule has 170 valence electrons. The zero-order valence-electron chi connectivity index (χ0n) is 18.8. The topological polar surface area (TPSA) is 81.8 Å². The van der Waals surface area contributed by atoms with Crippen molar-refractivity contribution < 1.29 is 0 Å². The standard InChI is InChI=1S/C27H30N4O2/c32-26-23(18-19-8-3-1-4-9-19)24(29-27(33)30-26)21-13-11-20(12-14-21)22-10-7-15-28-25(22)31-16-5-2-6-17-31/h1,3-4,7-11,15,21H,2,5-6,12-14,16-18H2,(H2,29,30,32,33). The van der Waals surface area contributed by atoms with Gasteiger partial charge in [0.15, 0.2) is 0 Å². The molecule has 1 aliphatic carbocycles. The Labute approximate surface area is 193 Å². The number of aromatic amines is 2. The second-order valence-electron chi connectivity index (χ2n) is 9.09. The molecule has 2 N–H and O–H groups in total. The van der Waals surface area contributed by atoms with Gasteiger partial charge in [0.2, 0.25) is 0 Å². The van der Waals surface area contributed by atoms with E-state index in [0.29, 0.717) is 12.0 Å². The number of hydrogen-bond donors (Lipinski definition) is 2. The number of allylic oxidation sites excluding steroid dienone is 2. The van der Waals surface area contributed by atoms with Crippen molar-refractivity contribution in [3.8, 4) is 0 Å². The van der Waals surface area contributed by atoms with E-state index >= 15 is 0 Å². The molecule has 0 spiro atoms. The molecule has 1 aromatic carbocycles. The molecular formula is C27H30N4O2. The van der Waals surface area contributed by atoms with Crippen molar-refractivity contribution in [2.45, 2.75) is 50.9 Å². The number of nitrogens with one attached hydrogen (secondary N) is 2. The van der Waals surface area contributed by atoms with Crippen LogP contribution >= 0.6 is 0 Å². The van der Waals surface area contributed by atoms with E-state index in [-0.39, 0.29) is 11.5 Å². The Bertz CT molecular complexity index is 1250. The van der Waals surface area contributed by atoms with Gasteiger partial charge in [0.1, 0.15) is 5.82 Å². The minimum atomic E-state index is -0.429. The molecule has 1 unspecified atom stereocenters. The highest BCUT2D eigenvalue weighted by atomic mass is 16.2. The lowest BCUT2D eigenvalue weighted by Gasteiger charge is -2.31. The van der Waals surface area contributed by atoms with Crippen LogP contribution in [0.25, 0.3) is 5.57 Å². The third kappa shape index (κ3) is 4.70. The summed E-state index contributed by atoms with van der Waals surface area (Å²) in [6, 6.07) is 14.1. The zero-order valence-corrected chi connectivity index (χ0v) is 18.8. The quantitative estimate of drug-likeness (QED) is 0.614. The Kier molecular flexibility index (Phi) is 6.24. The Hall–Kier alpha value is -3.41. The van der Waals surface area contributed by atoms with Crippen LogP contribution in [0.15, 0.2) is 64.3 Å². The Morgan fingerprint density at radius 2 is 1.79 bits per heavy atom. The molecule has 3 heterocycles. The first-order valence-corrected chi connectivity index (χ1v) is 12.0. The van der Waals surface area contributed by atoms with Crippen LogP contribution in [0.4, 0.5) is 5.82 Å². The van der Waals surface area contributed by atoms with Crippen LogP contribution < -0.4 is 16.1 Å². The number of piperidine rings is 1. The van der Waals surface area contributed by atoms with Crippen molar-refractivity contribution in [3.05, 3.63) is 98.0 Å². The number of nitrogens with zero attached hydrogens (tertiary/aromatic N) is 2. The summed E-state index contributed by atoms with van der Waals surface area (Å²) in [4.78, 5) is 37.4. The molecule has 1 fully saturated rings. The molecule has 5 rings (SSSR count). The Morgan fingerprint density at radius 3 is 2.55 bits per heavy atom. The van der Waals surface area contributed by atoms with Gasteiger partial charge < -0.3 is 9.88 Å². The van der Waals surface area contributed by atoms with E-state index in [1.807, 2.05) is 42.6 Å². The Balaban J connectivity index is 1.42. The highest BCUT2D eigenvalue weighted by molar-refractivity contribution is 5.75. The molecule has 1 atom stereocenters. The van der Waals surface area contributed by atoms with Gasteiger partial charge in [-0.25, -0.2) is 9.78 Å². The molecule has 0 amide bonds. The maximum Gasteiger partial charge on any atom is 0.325 e. The Morgan fingerprint density at radius 1 is 0.970 bits per heavy atom. The fourth-order valence-corrected chi connectivity index (χ4v) is 5.20. The summed E-state index contributed by atoms with van der Waals surface area (Å²) in [5.74, 6) is 1.22. The smallest absolute Gasteiger partial charge is 0.325 e. The van der Waals surface area contributed by atoms with Gasteiger partial charge >= 0.3 is 5.69 Å². The van der Waals surface area contributed by atoms with Crippen LogP contribution in [-0.2, 0) is 6.42 Å². The first-order chi connectivity index (χ1) is 16.2. The molecule has 2 aromatic heterocycles. The molecular weight excluding hydrogens is 412 g/mol. The summed E-state index contributed by atoms with van der Waals surface area (Å²) in [5.41, 5.74) is 4.33. The van der Waals surface area contributed by atoms with Gasteiger partial charge in [0, 0.05) is 48.4 Å². The third-order valence-electron chi connectivity index (χ3n) is 6.91. The average Bonchev–Trinajstić information content (AvgIpc) is 2.87. The van der Waals surface area contributed by atoms with E-state index in [1.54, 1.807) is 0 Å². The SMILES string of the molecule is O=c1[nH]c(C2CC=C(c3cccnc3N3CCCCC3)CC2)c(Cc2ccccc2)c(=O)[nH]1. The van der Waals surface area contributed by atoms with Crippen molar-refractivity contribution in [3.63, 3.8) is 0 Å². The van der Waals surface area contributed by atoms with Crippen molar-refractivity contribution in [1.82, 2.24) is 15.0 Å². The van der Waals surface area contributed by atoms with E-state index in [9.17, 15) is 9.59 Å². The minimum absolute atomic E-state index is 0.123. The first kappa shape index (κ1) is 21.4. The van der Waals surface area contributed by atoms with E-state index in [1.165, 1.54) is 30.4 Å². The monoisotopic (exact) mass is 442 g/mol. The predicted octanol–water partition coefficient (Wildman–Crippen LogP) is 4.39. The summed E-state index contributed by atoms with van der Waals surface area (Å²) in [6.07, 6.45) is 11.0. The van der Waals surface area contributed by atoms with E-state index in [0.717, 1.165) is 49.4 Å². The van der Waals surface area contributed by atoms with E-state index in [2.05, 4.69) is 27.0 Å². The van der Waals surface area contributed by atoms with Crippen LogP contribution in [-0.4, -0.2) is 28.0 Å². The fourth-order valence-electron chi connectivity index (χ4n) is 5.20. The molecule has 0 saturated carbocycles. The molecule has 0 radical (unpaired) electrons. The second-order valence-corrected chi connectivity index (χ2v) is 9.09. The number of H-pyrrole nitrogens is 2. The largest absolute Gasteiger partial charge is 0.356 e. The minimum Gasteiger partial charge on any atom is -0.356 e.